The van der Waals surface area contributed by atoms with Gasteiger partial charge in [-0.15, -0.1) is 0 Å². The van der Waals surface area contributed by atoms with Gasteiger partial charge in [0.25, 0.3) is 0 Å². The average Bonchev–Trinajstić information content (AvgIpc) is 2.58. The van der Waals surface area contributed by atoms with Gasteiger partial charge in [0.15, 0.2) is 0 Å². The standard InChI is InChI=1S/C12H24BrNO2S/c1-12(2,3)9-17(15,16)14-8-11-6-4-5-10(11)7-13/h10-11,14H,4-9H2,1-3H3. The molecular formula is C12H24BrNO2S. The van der Waals surface area contributed by atoms with Crippen LogP contribution in [0.2, 0.25) is 0 Å². The predicted octanol–water partition coefficient (Wildman–Crippen LogP) is 2.76. The second-order valence-corrected chi connectivity index (χ2v) is 8.73. The zero-order chi connectivity index (χ0) is 13.1. The predicted molar refractivity (Wildman–Crippen MR) is 75.9 cm³/mol. The van der Waals surface area contributed by atoms with Crippen LogP contribution in [-0.2, 0) is 10.0 Å². The Bertz CT molecular complexity index is 335. The summed E-state index contributed by atoms with van der Waals surface area (Å²) in [7, 11) is -3.12. The summed E-state index contributed by atoms with van der Waals surface area (Å²) in [5, 5.41) is 0.985. The van der Waals surface area contributed by atoms with Gasteiger partial charge in [0, 0.05) is 11.9 Å². The normalized spacial score (nSPS) is 26.4. The molecule has 0 aromatic carbocycles. The lowest BCUT2D eigenvalue weighted by atomic mass is 9.99. The smallest absolute Gasteiger partial charge is 0.212 e. The molecule has 0 aromatic heterocycles. The Morgan fingerprint density at radius 1 is 1.24 bits per heavy atom. The van der Waals surface area contributed by atoms with Crippen LogP contribution in [0, 0.1) is 17.3 Å². The van der Waals surface area contributed by atoms with Gasteiger partial charge in [-0.05, 0) is 30.1 Å². The fourth-order valence-electron chi connectivity index (χ4n) is 2.44. The van der Waals surface area contributed by atoms with Crippen LogP contribution >= 0.6 is 15.9 Å². The van der Waals surface area contributed by atoms with Crippen molar-refractivity contribution in [2.45, 2.75) is 40.0 Å². The lowest BCUT2D eigenvalue weighted by Gasteiger charge is -2.21. The molecule has 0 spiro atoms. The summed E-state index contributed by atoms with van der Waals surface area (Å²) in [6.45, 7) is 6.45. The Hall–Kier alpha value is 0.390. The fraction of sp³-hybridized carbons (Fsp3) is 1.00. The van der Waals surface area contributed by atoms with Gasteiger partial charge in [0.2, 0.25) is 10.0 Å². The van der Waals surface area contributed by atoms with E-state index >= 15 is 0 Å². The monoisotopic (exact) mass is 325 g/mol. The van der Waals surface area contributed by atoms with Gasteiger partial charge < -0.3 is 0 Å². The number of nitrogens with one attached hydrogen (secondary N) is 1. The number of alkyl halides is 1. The minimum absolute atomic E-state index is 0.184. The number of sulfonamides is 1. The van der Waals surface area contributed by atoms with Gasteiger partial charge >= 0.3 is 0 Å². The maximum absolute atomic E-state index is 11.9. The molecule has 1 saturated carbocycles. The quantitative estimate of drug-likeness (QED) is 0.790. The lowest BCUT2D eigenvalue weighted by Crippen LogP contribution is -2.36. The van der Waals surface area contributed by atoms with Crippen molar-refractivity contribution in [1.29, 1.82) is 0 Å². The van der Waals surface area contributed by atoms with Crippen LogP contribution in [0.15, 0.2) is 0 Å². The molecule has 0 aromatic rings. The largest absolute Gasteiger partial charge is 0.215 e. The molecule has 0 bridgehead atoms. The molecule has 17 heavy (non-hydrogen) atoms. The van der Waals surface area contributed by atoms with Gasteiger partial charge in [0.05, 0.1) is 5.75 Å². The molecule has 102 valence electrons. The maximum atomic E-state index is 11.9. The lowest BCUT2D eigenvalue weighted by molar-refractivity contribution is 0.416. The highest BCUT2D eigenvalue weighted by Gasteiger charge is 2.28. The number of rotatable bonds is 5. The molecule has 5 heteroatoms. The van der Waals surface area contributed by atoms with Crippen molar-refractivity contribution in [3.63, 3.8) is 0 Å². The van der Waals surface area contributed by atoms with E-state index in [1.54, 1.807) is 0 Å². The van der Waals surface area contributed by atoms with Crippen LogP contribution < -0.4 is 4.72 Å². The molecule has 1 N–H and O–H groups in total. The van der Waals surface area contributed by atoms with E-state index in [1.165, 1.54) is 12.8 Å². The van der Waals surface area contributed by atoms with Crippen LogP contribution in [0.1, 0.15) is 40.0 Å². The Morgan fingerprint density at radius 2 is 1.82 bits per heavy atom. The fourth-order valence-corrected chi connectivity index (χ4v) is 5.00. The first-order valence-electron chi connectivity index (χ1n) is 6.27. The zero-order valence-corrected chi connectivity index (χ0v) is 13.4. The summed E-state index contributed by atoms with van der Waals surface area (Å²) < 4.78 is 26.5. The Labute approximate surface area is 114 Å². The minimum Gasteiger partial charge on any atom is -0.215 e. The van der Waals surface area contributed by atoms with Crippen molar-refractivity contribution in [1.82, 2.24) is 4.72 Å². The second kappa shape index (κ2) is 6.02. The molecule has 1 aliphatic carbocycles. The molecule has 0 radical (unpaired) electrons. The topological polar surface area (TPSA) is 46.2 Å². The van der Waals surface area contributed by atoms with Crippen LogP contribution in [-0.4, -0.2) is 26.0 Å². The van der Waals surface area contributed by atoms with Gasteiger partial charge in [-0.1, -0.05) is 43.1 Å². The van der Waals surface area contributed by atoms with E-state index in [2.05, 4.69) is 20.7 Å². The molecule has 0 aliphatic heterocycles. The Morgan fingerprint density at radius 3 is 2.35 bits per heavy atom. The highest BCUT2D eigenvalue weighted by Crippen LogP contribution is 2.32. The van der Waals surface area contributed by atoms with Gasteiger partial charge in [-0.25, -0.2) is 13.1 Å². The second-order valence-electron chi connectivity index (χ2n) is 6.27. The van der Waals surface area contributed by atoms with Crippen LogP contribution in [0.5, 0.6) is 0 Å². The van der Waals surface area contributed by atoms with Crippen molar-refractivity contribution in [3.05, 3.63) is 0 Å². The summed E-state index contributed by atoms with van der Waals surface area (Å²) in [6.07, 6.45) is 3.59. The summed E-state index contributed by atoms with van der Waals surface area (Å²) in [4.78, 5) is 0. The molecule has 1 fully saturated rings. The van der Waals surface area contributed by atoms with Crippen LogP contribution in [0.25, 0.3) is 0 Å². The maximum Gasteiger partial charge on any atom is 0.212 e. The molecule has 1 aliphatic rings. The van der Waals surface area contributed by atoms with Gasteiger partial charge in [-0.2, -0.15) is 0 Å². The van der Waals surface area contributed by atoms with E-state index in [4.69, 9.17) is 0 Å². The van der Waals surface area contributed by atoms with E-state index in [0.717, 1.165) is 11.8 Å². The van der Waals surface area contributed by atoms with Crippen molar-refractivity contribution in [3.8, 4) is 0 Å². The molecule has 2 atom stereocenters. The number of halogens is 1. The Kier molecular flexibility index (Phi) is 5.47. The van der Waals surface area contributed by atoms with E-state index in [1.807, 2.05) is 20.8 Å². The van der Waals surface area contributed by atoms with Crippen molar-refractivity contribution in [2.24, 2.45) is 17.3 Å². The molecule has 1 rings (SSSR count). The molecule has 2 unspecified atom stereocenters. The first-order valence-corrected chi connectivity index (χ1v) is 9.04. The summed E-state index contributed by atoms with van der Waals surface area (Å²) in [5.74, 6) is 1.34. The van der Waals surface area contributed by atoms with E-state index in [0.29, 0.717) is 18.4 Å². The summed E-state index contributed by atoms with van der Waals surface area (Å²) in [5.41, 5.74) is -0.184. The molecule has 3 nitrogen and oxygen atoms in total. The SMILES string of the molecule is CC(C)(C)CS(=O)(=O)NCC1CCCC1CBr. The molecule has 0 saturated heterocycles. The van der Waals surface area contributed by atoms with Crippen molar-refractivity contribution in [2.75, 3.05) is 17.6 Å². The van der Waals surface area contributed by atoms with Crippen molar-refractivity contribution < 1.29 is 8.42 Å². The van der Waals surface area contributed by atoms with Crippen molar-refractivity contribution >= 4 is 26.0 Å². The third kappa shape index (κ3) is 5.71. The minimum atomic E-state index is -3.12. The third-order valence-electron chi connectivity index (χ3n) is 3.20. The summed E-state index contributed by atoms with van der Waals surface area (Å²) in [6, 6.07) is 0. The third-order valence-corrected chi connectivity index (χ3v) is 5.89. The van der Waals surface area contributed by atoms with E-state index in [-0.39, 0.29) is 11.2 Å². The zero-order valence-electron chi connectivity index (χ0n) is 11.0. The number of hydrogen-bond acceptors (Lipinski definition) is 2. The van der Waals surface area contributed by atoms with Gasteiger partial charge in [-0.3, -0.25) is 0 Å². The Balaban J connectivity index is 2.44. The van der Waals surface area contributed by atoms with E-state index in [9.17, 15) is 8.42 Å². The van der Waals surface area contributed by atoms with Crippen LogP contribution in [0.3, 0.4) is 0 Å². The van der Waals surface area contributed by atoms with Gasteiger partial charge in [0.1, 0.15) is 0 Å². The summed E-state index contributed by atoms with van der Waals surface area (Å²) >= 11 is 3.51. The number of hydrogen-bond donors (Lipinski definition) is 1. The average molecular weight is 326 g/mol. The molecule has 0 heterocycles. The first-order chi connectivity index (χ1) is 7.73. The molecular weight excluding hydrogens is 302 g/mol. The highest BCUT2D eigenvalue weighted by atomic mass is 79.9. The molecule has 0 amide bonds. The first kappa shape index (κ1) is 15.4. The highest BCUT2D eigenvalue weighted by molar-refractivity contribution is 9.09. The van der Waals surface area contributed by atoms with E-state index < -0.39 is 10.0 Å². The van der Waals surface area contributed by atoms with Crippen LogP contribution in [0.4, 0.5) is 0 Å².